The average Bonchev–Trinajstić information content (AvgIpc) is 2.90. The molecule has 1 amide bonds. The van der Waals surface area contributed by atoms with Gasteiger partial charge in [-0.25, -0.2) is 4.98 Å². The number of hydrogen-bond donors (Lipinski definition) is 1. The van der Waals surface area contributed by atoms with E-state index in [4.69, 9.17) is 4.74 Å². The third kappa shape index (κ3) is 2.79. The summed E-state index contributed by atoms with van der Waals surface area (Å²) in [5.74, 6) is 0.632. The van der Waals surface area contributed by atoms with Gasteiger partial charge in [-0.1, -0.05) is 0 Å². The highest BCUT2D eigenvalue weighted by Crippen LogP contribution is 2.18. The number of rotatable bonds is 4. The van der Waals surface area contributed by atoms with Gasteiger partial charge in [0, 0.05) is 18.3 Å². The summed E-state index contributed by atoms with van der Waals surface area (Å²) in [7, 11) is 1.93. The first-order valence-electron chi connectivity index (χ1n) is 7.12. The maximum Gasteiger partial charge on any atom is 0.255 e. The van der Waals surface area contributed by atoms with Crippen LogP contribution in [0.15, 0.2) is 48.8 Å². The van der Waals surface area contributed by atoms with Crippen molar-refractivity contribution in [2.75, 3.05) is 11.9 Å². The monoisotopic (exact) mass is 295 g/mol. The van der Waals surface area contributed by atoms with Crippen LogP contribution in [0.2, 0.25) is 0 Å². The average molecular weight is 295 g/mol. The summed E-state index contributed by atoms with van der Waals surface area (Å²) < 4.78 is 7.30. The van der Waals surface area contributed by atoms with E-state index in [2.05, 4.69) is 10.3 Å². The Labute approximate surface area is 128 Å². The molecule has 0 aliphatic heterocycles. The molecule has 0 saturated carbocycles. The molecule has 112 valence electrons. The van der Waals surface area contributed by atoms with Crippen LogP contribution in [0.3, 0.4) is 0 Å². The zero-order valence-corrected chi connectivity index (χ0v) is 12.5. The Balaban J connectivity index is 1.77. The Hall–Kier alpha value is -2.82. The fourth-order valence-electron chi connectivity index (χ4n) is 2.28. The summed E-state index contributed by atoms with van der Waals surface area (Å²) in [6.07, 6.45) is 1.73. The lowest BCUT2D eigenvalue weighted by Crippen LogP contribution is -2.11. The molecule has 0 atom stereocenters. The van der Waals surface area contributed by atoms with Crippen LogP contribution >= 0.6 is 0 Å². The quantitative estimate of drug-likeness (QED) is 0.804. The second kappa shape index (κ2) is 5.89. The zero-order valence-electron chi connectivity index (χ0n) is 12.5. The molecule has 0 aliphatic rings. The minimum atomic E-state index is -0.156. The Bertz CT molecular complexity index is 806. The molecule has 0 bridgehead atoms. The molecule has 0 radical (unpaired) electrons. The van der Waals surface area contributed by atoms with Gasteiger partial charge in [0.15, 0.2) is 0 Å². The van der Waals surface area contributed by atoms with Crippen molar-refractivity contribution in [2.24, 2.45) is 7.05 Å². The number of carbonyl (C=O) groups is 1. The van der Waals surface area contributed by atoms with Crippen LogP contribution in [0.1, 0.15) is 17.3 Å². The number of fused-ring (bicyclic) bond motifs is 1. The van der Waals surface area contributed by atoms with Gasteiger partial charge in [-0.2, -0.15) is 0 Å². The molecule has 1 aromatic heterocycles. The maximum atomic E-state index is 12.3. The van der Waals surface area contributed by atoms with Gasteiger partial charge in [-0.15, -0.1) is 0 Å². The maximum absolute atomic E-state index is 12.3. The van der Waals surface area contributed by atoms with Crippen LogP contribution in [-0.2, 0) is 7.05 Å². The number of carbonyl (C=O) groups excluding carboxylic acids is 1. The molecule has 0 unspecified atom stereocenters. The van der Waals surface area contributed by atoms with Gasteiger partial charge in [0.1, 0.15) is 5.75 Å². The zero-order chi connectivity index (χ0) is 15.5. The van der Waals surface area contributed by atoms with E-state index in [1.165, 1.54) is 0 Å². The van der Waals surface area contributed by atoms with Crippen LogP contribution in [0.4, 0.5) is 5.69 Å². The molecule has 5 heteroatoms. The number of anilines is 1. The van der Waals surface area contributed by atoms with E-state index in [0.717, 1.165) is 22.5 Å². The van der Waals surface area contributed by atoms with E-state index in [-0.39, 0.29) is 5.91 Å². The Morgan fingerprint density at radius 1 is 1.23 bits per heavy atom. The normalized spacial score (nSPS) is 10.6. The third-order valence-electron chi connectivity index (χ3n) is 3.41. The van der Waals surface area contributed by atoms with Gasteiger partial charge in [-0.05, 0) is 49.4 Å². The molecule has 3 aromatic rings. The Morgan fingerprint density at radius 2 is 2.00 bits per heavy atom. The first-order chi connectivity index (χ1) is 10.7. The molecular weight excluding hydrogens is 278 g/mol. The summed E-state index contributed by atoms with van der Waals surface area (Å²) in [5, 5.41) is 2.87. The van der Waals surface area contributed by atoms with Crippen LogP contribution in [0.5, 0.6) is 5.75 Å². The number of hydrogen-bond acceptors (Lipinski definition) is 3. The predicted molar refractivity (Wildman–Crippen MR) is 86.3 cm³/mol. The smallest absolute Gasteiger partial charge is 0.255 e. The number of aromatic nitrogens is 2. The summed E-state index contributed by atoms with van der Waals surface area (Å²) in [6.45, 7) is 2.55. The number of ether oxygens (including phenoxy) is 1. The first kappa shape index (κ1) is 14.1. The third-order valence-corrected chi connectivity index (χ3v) is 3.41. The van der Waals surface area contributed by atoms with Crippen molar-refractivity contribution in [1.29, 1.82) is 0 Å². The van der Waals surface area contributed by atoms with Crippen molar-refractivity contribution in [3.8, 4) is 5.75 Å². The molecule has 5 nitrogen and oxygen atoms in total. The highest BCUT2D eigenvalue weighted by atomic mass is 16.5. The highest BCUT2D eigenvalue weighted by Gasteiger charge is 2.09. The lowest BCUT2D eigenvalue weighted by molar-refractivity contribution is 0.102. The summed E-state index contributed by atoms with van der Waals surface area (Å²) in [6, 6.07) is 12.8. The minimum Gasteiger partial charge on any atom is -0.494 e. The van der Waals surface area contributed by atoms with Crippen molar-refractivity contribution in [3.63, 3.8) is 0 Å². The van der Waals surface area contributed by atoms with Crippen LogP contribution in [0.25, 0.3) is 11.0 Å². The molecule has 1 N–H and O–H groups in total. The van der Waals surface area contributed by atoms with Gasteiger partial charge in [-0.3, -0.25) is 4.79 Å². The number of imidazole rings is 1. The number of benzene rings is 2. The molecule has 22 heavy (non-hydrogen) atoms. The molecule has 3 rings (SSSR count). The van der Waals surface area contributed by atoms with Crippen LogP contribution in [0, 0.1) is 0 Å². The van der Waals surface area contributed by atoms with E-state index in [0.29, 0.717) is 12.2 Å². The van der Waals surface area contributed by atoms with Gasteiger partial charge in [0.25, 0.3) is 5.91 Å². The molecule has 0 fully saturated rings. The van der Waals surface area contributed by atoms with Gasteiger partial charge in [0.2, 0.25) is 0 Å². The molecular formula is C17H17N3O2. The number of aryl methyl sites for hydroxylation is 1. The summed E-state index contributed by atoms with van der Waals surface area (Å²) in [5.41, 5.74) is 3.12. The molecule has 0 spiro atoms. The fourth-order valence-corrected chi connectivity index (χ4v) is 2.28. The second-order valence-corrected chi connectivity index (χ2v) is 4.97. The number of nitrogens with zero attached hydrogens (tertiary/aromatic N) is 2. The first-order valence-corrected chi connectivity index (χ1v) is 7.12. The Morgan fingerprint density at radius 3 is 2.73 bits per heavy atom. The van der Waals surface area contributed by atoms with E-state index < -0.39 is 0 Å². The van der Waals surface area contributed by atoms with Gasteiger partial charge < -0.3 is 14.6 Å². The van der Waals surface area contributed by atoms with Crippen molar-refractivity contribution in [2.45, 2.75) is 6.92 Å². The second-order valence-electron chi connectivity index (χ2n) is 4.97. The van der Waals surface area contributed by atoms with E-state index in [1.807, 2.05) is 48.9 Å². The summed E-state index contributed by atoms with van der Waals surface area (Å²) >= 11 is 0. The van der Waals surface area contributed by atoms with E-state index in [1.54, 1.807) is 18.5 Å². The molecule has 2 aromatic carbocycles. The largest absolute Gasteiger partial charge is 0.494 e. The highest BCUT2D eigenvalue weighted by molar-refractivity contribution is 6.05. The van der Waals surface area contributed by atoms with Crippen molar-refractivity contribution >= 4 is 22.6 Å². The number of amides is 1. The SMILES string of the molecule is CCOc1ccc(NC(=O)c2ccc3c(c2)ncn3C)cc1. The van der Waals surface area contributed by atoms with Crippen LogP contribution in [-0.4, -0.2) is 22.1 Å². The minimum absolute atomic E-state index is 0.156. The lowest BCUT2D eigenvalue weighted by atomic mass is 10.2. The van der Waals surface area contributed by atoms with Crippen molar-refractivity contribution in [1.82, 2.24) is 9.55 Å². The van der Waals surface area contributed by atoms with Crippen molar-refractivity contribution < 1.29 is 9.53 Å². The molecule has 1 heterocycles. The standard InChI is InChI=1S/C17H17N3O2/c1-3-22-14-7-5-13(6-8-14)19-17(21)12-4-9-16-15(10-12)18-11-20(16)2/h4-11H,3H2,1-2H3,(H,19,21). The van der Waals surface area contributed by atoms with Crippen LogP contribution < -0.4 is 10.1 Å². The molecule has 0 aliphatic carbocycles. The lowest BCUT2D eigenvalue weighted by Gasteiger charge is -2.07. The van der Waals surface area contributed by atoms with E-state index >= 15 is 0 Å². The Kier molecular flexibility index (Phi) is 3.78. The predicted octanol–water partition coefficient (Wildman–Crippen LogP) is 3.22. The van der Waals surface area contributed by atoms with Crippen molar-refractivity contribution in [3.05, 3.63) is 54.4 Å². The topological polar surface area (TPSA) is 56.1 Å². The van der Waals surface area contributed by atoms with Gasteiger partial charge in [0.05, 0.1) is 24.0 Å². The fraction of sp³-hybridized carbons (Fsp3) is 0.176. The number of nitrogens with one attached hydrogen (secondary N) is 1. The van der Waals surface area contributed by atoms with E-state index in [9.17, 15) is 4.79 Å². The molecule has 0 saturated heterocycles. The summed E-state index contributed by atoms with van der Waals surface area (Å²) in [4.78, 5) is 16.6. The van der Waals surface area contributed by atoms with Gasteiger partial charge >= 0.3 is 0 Å².